The van der Waals surface area contributed by atoms with Crippen LogP contribution in [0.3, 0.4) is 0 Å². The van der Waals surface area contributed by atoms with Gasteiger partial charge in [-0.1, -0.05) is 25.1 Å². The molecule has 0 radical (unpaired) electrons. The lowest BCUT2D eigenvalue weighted by molar-refractivity contribution is -0.0498. The predicted octanol–water partition coefficient (Wildman–Crippen LogP) is 2.86. The van der Waals surface area contributed by atoms with Crippen LogP contribution in [0.25, 0.3) is 0 Å². The molecule has 2 rings (SSSR count). The van der Waals surface area contributed by atoms with E-state index in [0.717, 1.165) is 5.56 Å². The molecule has 5 nitrogen and oxygen atoms in total. The maximum Gasteiger partial charge on any atom is 0.387 e. The summed E-state index contributed by atoms with van der Waals surface area (Å²) in [7, 11) is 0. The van der Waals surface area contributed by atoms with Crippen LogP contribution in [-0.4, -0.2) is 17.5 Å². The van der Waals surface area contributed by atoms with Crippen molar-refractivity contribution in [3.05, 3.63) is 64.1 Å². The van der Waals surface area contributed by atoms with E-state index >= 15 is 0 Å². The lowest BCUT2D eigenvalue weighted by Crippen LogP contribution is -2.30. The summed E-state index contributed by atoms with van der Waals surface area (Å²) in [6.45, 7) is -1.00. The Morgan fingerprint density at radius 2 is 1.91 bits per heavy atom. The summed E-state index contributed by atoms with van der Waals surface area (Å²) in [5.41, 5.74) is 0.550. The molecular formula is C16H16F2N2O3. The molecule has 2 N–H and O–H groups in total. The molecule has 1 atom stereocenters. The molecular weight excluding hydrogens is 306 g/mol. The van der Waals surface area contributed by atoms with Crippen molar-refractivity contribution in [3.8, 4) is 5.75 Å². The number of aromatic amines is 1. The summed E-state index contributed by atoms with van der Waals surface area (Å²) in [5, 5.41) is 2.79. The molecule has 0 aliphatic carbocycles. The van der Waals surface area contributed by atoms with Crippen molar-refractivity contribution in [3.63, 3.8) is 0 Å². The number of carbonyl (C=O) groups excluding carboxylic acids is 1. The van der Waals surface area contributed by atoms with Crippen molar-refractivity contribution < 1.29 is 18.3 Å². The first-order valence-electron chi connectivity index (χ1n) is 7.04. The van der Waals surface area contributed by atoms with Crippen LogP contribution in [0.15, 0.2) is 47.3 Å². The number of hydrogen-bond acceptors (Lipinski definition) is 3. The van der Waals surface area contributed by atoms with E-state index in [1.807, 2.05) is 6.92 Å². The SMILES string of the molecule is CC[C@H](NC(=O)c1cccc(=O)[nH]1)c1ccc(OC(F)F)cc1. The number of H-pyrrole nitrogens is 1. The van der Waals surface area contributed by atoms with Gasteiger partial charge in [-0.25, -0.2) is 0 Å². The maximum absolute atomic E-state index is 12.1. The number of carbonyl (C=O) groups is 1. The number of alkyl halides is 2. The zero-order valence-electron chi connectivity index (χ0n) is 12.4. The van der Waals surface area contributed by atoms with E-state index in [0.29, 0.717) is 6.42 Å². The van der Waals surface area contributed by atoms with Crippen molar-refractivity contribution in [2.75, 3.05) is 0 Å². The predicted molar refractivity (Wildman–Crippen MR) is 80.6 cm³/mol. The molecule has 1 aromatic heterocycles. The Morgan fingerprint density at radius 3 is 2.48 bits per heavy atom. The molecule has 7 heteroatoms. The molecule has 122 valence electrons. The van der Waals surface area contributed by atoms with Crippen LogP contribution in [0.2, 0.25) is 0 Å². The summed E-state index contributed by atoms with van der Waals surface area (Å²) >= 11 is 0. The average Bonchev–Trinajstić information content (AvgIpc) is 2.52. The van der Waals surface area contributed by atoms with Crippen LogP contribution in [0, 0.1) is 0 Å². The first-order valence-corrected chi connectivity index (χ1v) is 7.04. The van der Waals surface area contributed by atoms with Gasteiger partial charge in [0, 0.05) is 6.07 Å². The third-order valence-electron chi connectivity index (χ3n) is 3.23. The van der Waals surface area contributed by atoms with Crippen LogP contribution >= 0.6 is 0 Å². The number of halogens is 2. The molecule has 0 unspecified atom stereocenters. The van der Waals surface area contributed by atoms with Crippen LogP contribution < -0.4 is 15.6 Å². The number of benzene rings is 1. The summed E-state index contributed by atoms with van der Waals surface area (Å²) < 4.78 is 28.5. The first kappa shape index (κ1) is 16.7. The third kappa shape index (κ3) is 4.64. The van der Waals surface area contributed by atoms with E-state index in [-0.39, 0.29) is 23.0 Å². The van der Waals surface area contributed by atoms with Gasteiger partial charge in [0.05, 0.1) is 6.04 Å². The highest BCUT2D eigenvalue weighted by molar-refractivity contribution is 5.92. The fraction of sp³-hybridized carbons (Fsp3) is 0.250. The molecule has 0 bridgehead atoms. The van der Waals surface area contributed by atoms with Gasteiger partial charge < -0.3 is 15.0 Å². The Labute approximate surface area is 131 Å². The maximum atomic E-state index is 12.1. The van der Waals surface area contributed by atoms with E-state index in [1.165, 1.54) is 30.3 Å². The molecule has 0 aliphatic rings. The number of nitrogens with one attached hydrogen (secondary N) is 2. The van der Waals surface area contributed by atoms with Crippen molar-refractivity contribution in [1.82, 2.24) is 10.3 Å². The number of pyridine rings is 1. The quantitative estimate of drug-likeness (QED) is 0.859. The average molecular weight is 322 g/mol. The van der Waals surface area contributed by atoms with Crippen molar-refractivity contribution in [2.24, 2.45) is 0 Å². The topological polar surface area (TPSA) is 71.2 Å². The van der Waals surface area contributed by atoms with E-state index < -0.39 is 12.5 Å². The highest BCUT2D eigenvalue weighted by atomic mass is 19.3. The number of hydrogen-bond donors (Lipinski definition) is 2. The fourth-order valence-corrected chi connectivity index (χ4v) is 2.12. The van der Waals surface area contributed by atoms with Crippen molar-refractivity contribution >= 4 is 5.91 Å². The van der Waals surface area contributed by atoms with E-state index in [2.05, 4.69) is 15.0 Å². The summed E-state index contributed by atoms with van der Waals surface area (Å²) in [5.74, 6) is -0.361. The van der Waals surface area contributed by atoms with Gasteiger partial charge in [0.15, 0.2) is 0 Å². The van der Waals surface area contributed by atoms with Gasteiger partial charge in [-0.2, -0.15) is 8.78 Å². The van der Waals surface area contributed by atoms with Gasteiger partial charge in [-0.3, -0.25) is 9.59 Å². The van der Waals surface area contributed by atoms with Gasteiger partial charge in [-0.15, -0.1) is 0 Å². The van der Waals surface area contributed by atoms with Gasteiger partial charge >= 0.3 is 6.61 Å². The van der Waals surface area contributed by atoms with Crippen molar-refractivity contribution in [2.45, 2.75) is 26.0 Å². The Kier molecular flexibility index (Phi) is 5.46. The molecule has 0 spiro atoms. The molecule has 1 aromatic carbocycles. The molecule has 0 saturated heterocycles. The highest BCUT2D eigenvalue weighted by Gasteiger charge is 2.15. The summed E-state index contributed by atoms with van der Waals surface area (Å²) in [6, 6.07) is 10.1. The Hall–Kier alpha value is -2.70. The number of aromatic nitrogens is 1. The van der Waals surface area contributed by atoms with Crippen molar-refractivity contribution in [1.29, 1.82) is 0 Å². The van der Waals surface area contributed by atoms with Crippen LogP contribution in [-0.2, 0) is 0 Å². The Balaban J connectivity index is 2.10. The highest BCUT2D eigenvalue weighted by Crippen LogP contribution is 2.21. The summed E-state index contributed by atoms with van der Waals surface area (Å²) in [4.78, 5) is 25.8. The first-order chi connectivity index (χ1) is 11.0. The van der Waals surface area contributed by atoms with E-state index in [4.69, 9.17) is 0 Å². The zero-order valence-corrected chi connectivity index (χ0v) is 12.4. The summed E-state index contributed by atoms with van der Waals surface area (Å²) in [6.07, 6.45) is 0.595. The Morgan fingerprint density at radius 1 is 1.22 bits per heavy atom. The molecule has 1 heterocycles. The second-order valence-electron chi connectivity index (χ2n) is 4.81. The molecule has 0 saturated carbocycles. The van der Waals surface area contributed by atoms with Gasteiger partial charge in [-0.05, 0) is 30.2 Å². The largest absolute Gasteiger partial charge is 0.435 e. The fourth-order valence-electron chi connectivity index (χ4n) is 2.12. The number of amides is 1. The van der Waals surface area contributed by atoms with Gasteiger partial charge in [0.1, 0.15) is 11.4 Å². The van der Waals surface area contributed by atoms with Gasteiger partial charge in [0.2, 0.25) is 5.56 Å². The second-order valence-corrected chi connectivity index (χ2v) is 4.81. The third-order valence-corrected chi connectivity index (χ3v) is 3.23. The molecule has 23 heavy (non-hydrogen) atoms. The normalized spacial score (nSPS) is 12.0. The Bertz CT molecular complexity index is 714. The second kappa shape index (κ2) is 7.53. The molecule has 1 amide bonds. The van der Waals surface area contributed by atoms with Crippen LogP contribution in [0.1, 0.15) is 35.4 Å². The lowest BCUT2D eigenvalue weighted by Gasteiger charge is -2.18. The molecule has 0 aliphatic heterocycles. The monoisotopic (exact) mass is 322 g/mol. The standard InChI is InChI=1S/C16H16F2N2O3/c1-2-12(10-6-8-11(9-7-10)23-16(17)18)20-15(22)13-4-3-5-14(21)19-13/h3-9,12,16H,2H2,1H3,(H,19,21)(H,20,22)/t12-/m0/s1. The smallest absolute Gasteiger partial charge is 0.387 e. The van der Waals surface area contributed by atoms with E-state index in [9.17, 15) is 18.4 Å². The minimum absolute atomic E-state index is 0.0531. The minimum Gasteiger partial charge on any atom is -0.435 e. The number of ether oxygens (including phenoxy) is 1. The molecule has 2 aromatic rings. The molecule has 0 fully saturated rings. The van der Waals surface area contributed by atoms with Crippen LogP contribution in [0.4, 0.5) is 8.78 Å². The van der Waals surface area contributed by atoms with Gasteiger partial charge in [0.25, 0.3) is 5.91 Å². The minimum atomic E-state index is -2.88. The number of rotatable bonds is 6. The van der Waals surface area contributed by atoms with Crippen LogP contribution in [0.5, 0.6) is 5.75 Å². The lowest BCUT2D eigenvalue weighted by atomic mass is 10.0. The van der Waals surface area contributed by atoms with E-state index in [1.54, 1.807) is 12.1 Å². The zero-order chi connectivity index (χ0) is 16.8.